The fraction of sp³-hybridized carbons (Fsp3) is 0.138. The Kier molecular flexibility index (Phi) is 6.39. The summed E-state index contributed by atoms with van der Waals surface area (Å²) in [6, 6.07) is 25.2. The number of likely N-dealkylation sites (N-methyl/N-ethyl adjacent to an activating group) is 2. The number of rotatable bonds is 4. The first-order valence-electron chi connectivity index (χ1n) is 11.5. The molecule has 7 heteroatoms. The third-order valence-corrected chi connectivity index (χ3v) is 9.13. The van der Waals surface area contributed by atoms with Gasteiger partial charge in [-0.3, -0.25) is 0 Å². The molecule has 5 nitrogen and oxygen atoms in total. The number of carbonyl (C=O) groups excluding carboxylic acids is 2. The number of nitrogens with zero attached hydrogens (tertiary/aromatic N) is 3. The van der Waals surface area contributed by atoms with E-state index in [-0.39, 0.29) is 37.0 Å². The first kappa shape index (κ1) is 24.2. The fourth-order valence-corrected chi connectivity index (χ4v) is 6.69. The van der Waals surface area contributed by atoms with E-state index in [4.69, 9.17) is 12.2 Å². The normalized spacial score (nSPS) is 14.1. The van der Waals surface area contributed by atoms with Crippen LogP contribution >= 0.6 is 12.2 Å². The molecule has 4 aromatic rings. The number of anilines is 3. The average molecular weight is 559 g/mol. The summed E-state index contributed by atoms with van der Waals surface area (Å²) in [6.07, 6.45) is 1.73. The maximum atomic E-state index is 12.8. The minimum atomic E-state index is -0.367. The van der Waals surface area contributed by atoms with Gasteiger partial charge in [-0.2, -0.15) is 0 Å². The van der Waals surface area contributed by atoms with Crippen LogP contribution in [0.5, 0.6) is 0 Å². The zero-order valence-corrected chi connectivity index (χ0v) is 23.0. The molecule has 1 fully saturated rings. The summed E-state index contributed by atoms with van der Waals surface area (Å²) in [6.45, 7) is 4.26. The van der Waals surface area contributed by atoms with Gasteiger partial charge in [0.1, 0.15) is 0 Å². The second-order valence-corrected chi connectivity index (χ2v) is 11.5. The van der Waals surface area contributed by atoms with Crippen molar-refractivity contribution in [2.75, 3.05) is 19.0 Å². The van der Waals surface area contributed by atoms with E-state index in [0.717, 1.165) is 20.4 Å². The van der Waals surface area contributed by atoms with Gasteiger partial charge in [0.15, 0.2) is 0 Å². The maximum absolute atomic E-state index is 12.8. The van der Waals surface area contributed by atoms with Crippen molar-refractivity contribution in [3.8, 4) is 0 Å². The van der Waals surface area contributed by atoms with Crippen molar-refractivity contribution in [1.82, 2.24) is 9.80 Å². The molecule has 1 aliphatic heterocycles. The number of hydrogen-bond donors (Lipinski definition) is 0. The summed E-state index contributed by atoms with van der Waals surface area (Å²) in [5.41, 5.74) is 4.74. The van der Waals surface area contributed by atoms with E-state index in [9.17, 15) is 9.59 Å². The molecule has 0 bridgehead atoms. The number of fused-ring (bicyclic) bond motifs is 1. The Hall–Kier alpha value is -3.51. The van der Waals surface area contributed by atoms with E-state index < -0.39 is 0 Å². The first-order valence-corrected chi connectivity index (χ1v) is 13.7. The Bertz CT molecular complexity index is 1550. The molecule has 1 saturated heterocycles. The van der Waals surface area contributed by atoms with Gasteiger partial charge in [-0.25, -0.2) is 0 Å². The van der Waals surface area contributed by atoms with Gasteiger partial charge >= 0.3 is 223 Å². The molecular weight excluding hydrogens is 533 g/mol. The second-order valence-electron chi connectivity index (χ2n) is 8.82. The van der Waals surface area contributed by atoms with Crippen molar-refractivity contribution in [3.63, 3.8) is 0 Å². The van der Waals surface area contributed by atoms with Crippen LogP contribution in [0.3, 0.4) is 0 Å². The van der Waals surface area contributed by atoms with Gasteiger partial charge in [-0.1, -0.05) is 0 Å². The van der Waals surface area contributed by atoms with Crippen LogP contribution in [0.15, 0.2) is 78.4 Å². The van der Waals surface area contributed by atoms with Crippen molar-refractivity contribution in [2.24, 2.45) is 0 Å². The summed E-state index contributed by atoms with van der Waals surface area (Å²) in [7, 11) is 3.20. The third-order valence-electron chi connectivity index (χ3n) is 6.45. The molecule has 3 aromatic carbocycles. The van der Waals surface area contributed by atoms with Crippen LogP contribution in [0.25, 0.3) is 16.8 Å². The fourth-order valence-electron chi connectivity index (χ4n) is 4.48. The molecule has 0 radical (unpaired) electrons. The van der Waals surface area contributed by atoms with E-state index in [1.807, 2.05) is 12.1 Å². The Labute approximate surface area is 222 Å². The van der Waals surface area contributed by atoms with Crippen molar-refractivity contribution in [1.29, 1.82) is 0 Å². The van der Waals surface area contributed by atoms with Gasteiger partial charge < -0.3 is 0 Å². The Morgan fingerprint density at radius 3 is 2.19 bits per heavy atom. The summed E-state index contributed by atoms with van der Waals surface area (Å²) in [4.78, 5) is 30.7. The van der Waals surface area contributed by atoms with E-state index in [1.54, 1.807) is 20.2 Å². The second kappa shape index (κ2) is 9.51. The summed E-state index contributed by atoms with van der Waals surface area (Å²) < 4.78 is 2.09. The van der Waals surface area contributed by atoms with Gasteiger partial charge in [-0.15, -0.1) is 0 Å². The molecule has 0 aliphatic carbocycles. The van der Waals surface area contributed by atoms with Crippen molar-refractivity contribution in [3.05, 3.63) is 93.9 Å². The summed E-state index contributed by atoms with van der Waals surface area (Å²) in [5.74, 6) is -0.734. The van der Waals surface area contributed by atoms with Gasteiger partial charge in [-0.05, 0) is 0 Å². The zero-order valence-electron chi connectivity index (χ0n) is 20.5. The Balaban J connectivity index is 1.67. The van der Waals surface area contributed by atoms with Gasteiger partial charge in [0.2, 0.25) is 0 Å². The standard InChI is InChI=1S/C29H25N3O2SSe/c1-18-9-5-8-12-24(18)32(26-19(2)13-14-20-10-6-7-11-22(20)26)25-16-15-21(36-25)17-23-27(33)30(3)29(35)31(4)28(23)34/h5-17H,1-4H3. The third kappa shape index (κ3) is 4.09. The van der Waals surface area contributed by atoms with Crippen molar-refractivity contribution < 1.29 is 9.59 Å². The van der Waals surface area contributed by atoms with E-state index in [0.29, 0.717) is 0 Å². The molecule has 1 aromatic heterocycles. The Morgan fingerprint density at radius 2 is 1.47 bits per heavy atom. The van der Waals surface area contributed by atoms with Gasteiger partial charge in [0.05, 0.1) is 0 Å². The average Bonchev–Trinajstić information content (AvgIpc) is 3.35. The monoisotopic (exact) mass is 559 g/mol. The number of carbonyl (C=O) groups is 2. The molecule has 180 valence electrons. The molecule has 0 saturated carbocycles. The van der Waals surface area contributed by atoms with E-state index in [2.05, 4.69) is 79.4 Å². The summed E-state index contributed by atoms with van der Waals surface area (Å²) in [5, 5.41) is 2.57. The number of benzene rings is 3. The zero-order chi connectivity index (χ0) is 25.6. The summed E-state index contributed by atoms with van der Waals surface area (Å²) >= 11 is 5.09. The van der Waals surface area contributed by atoms with E-state index >= 15 is 0 Å². The molecule has 0 N–H and O–H groups in total. The number of hydrogen-bond acceptors (Lipinski definition) is 4. The Morgan fingerprint density at radius 1 is 0.806 bits per heavy atom. The van der Waals surface area contributed by atoms with Crippen LogP contribution in [-0.4, -0.2) is 55.3 Å². The van der Waals surface area contributed by atoms with Crippen LogP contribution in [0.4, 0.5) is 15.9 Å². The number of para-hydroxylation sites is 1. The van der Waals surface area contributed by atoms with E-state index in [1.165, 1.54) is 31.7 Å². The predicted molar refractivity (Wildman–Crippen MR) is 151 cm³/mol. The SMILES string of the molecule is Cc1ccccc1N(c1ccc(C=C2C(=O)N(C)C(=S)N(C)C2=O)[se]1)c1c(C)ccc2ccccc12. The number of amides is 2. The molecule has 1 aliphatic rings. The van der Waals surface area contributed by atoms with Crippen molar-refractivity contribution >= 4 is 76.4 Å². The molecule has 0 spiro atoms. The molecule has 0 atom stereocenters. The van der Waals surface area contributed by atoms with Crippen LogP contribution in [-0.2, 0) is 9.59 Å². The predicted octanol–water partition coefficient (Wildman–Crippen LogP) is 5.58. The molecule has 0 unspecified atom stereocenters. The molecule has 36 heavy (non-hydrogen) atoms. The van der Waals surface area contributed by atoms with Crippen molar-refractivity contribution in [2.45, 2.75) is 13.8 Å². The number of thiocarbonyl (C=S) groups is 1. The quantitative estimate of drug-likeness (QED) is 0.142. The van der Waals surface area contributed by atoms with Crippen LogP contribution < -0.4 is 4.90 Å². The van der Waals surface area contributed by atoms with Crippen LogP contribution in [0.1, 0.15) is 15.6 Å². The van der Waals surface area contributed by atoms with Gasteiger partial charge in [0, 0.05) is 0 Å². The van der Waals surface area contributed by atoms with Gasteiger partial charge in [0.25, 0.3) is 0 Å². The topological polar surface area (TPSA) is 43.9 Å². The molecule has 2 heterocycles. The molecule has 2 amide bonds. The first-order chi connectivity index (χ1) is 17.3. The number of aryl methyl sites for hydroxylation is 2. The van der Waals surface area contributed by atoms with Crippen LogP contribution in [0, 0.1) is 13.8 Å². The molecular formula is C29H25N3O2SSe. The van der Waals surface area contributed by atoms with Crippen LogP contribution in [0.2, 0.25) is 0 Å². The minimum absolute atomic E-state index is 0.131. The molecule has 5 rings (SSSR count).